The summed E-state index contributed by atoms with van der Waals surface area (Å²) < 4.78 is 38.8. The van der Waals surface area contributed by atoms with Crippen LogP contribution in [0.25, 0.3) is 0 Å². The lowest BCUT2D eigenvalue weighted by atomic mass is 9.91. The minimum atomic E-state index is -1.13. The molecule has 3 aromatic rings. The first-order chi connectivity index (χ1) is 18.7. The van der Waals surface area contributed by atoms with Crippen molar-refractivity contribution in [3.63, 3.8) is 0 Å². The van der Waals surface area contributed by atoms with Crippen LogP contribution in [0.3, 0.4) is 0 Å². The minimum Gasteiger partial charge on any atom is -0.496 e. The highest BCUT2D eigenvalue weighted by Crippen LogP contribution is 2.29. The Labute approximate surface area is 228 Å². The summed E-state index contributed by atoms with van der Waals surface area (Å²) in [4.78, 5) is 27.3. The van der Waals surface area contributed by atoms with Crippen LogP contribution in [-0.2, 0) is 35.2 Å². The molecule has 0 spiro atoms. The first kappa shape index (κ1) is 29.8. The number of nitrogens with one attached hydrogen (secondary N) is 1. The molecule has 0 aromatic heterocycles. The van der Waals surface area contributed by atoms with E-state index in [0.29, 0.717) is 6.42 Å². The molecule has 208 valence electrons. The van der Waals surface area contributed by atoms with E-state index in [0.717, 1.165) is 54.0 Å². The molecular weight excluding hydrogens is 502 g/mol. The number of hydrogen-bond donors (Lipinski definition) is 1. The molecule has 0 aliphatic heterocycles. The molecule has 3 rings (SSSR count). The Morgan fingerprint density at radius 2 is 1.62 bits per heavy atom. The highest BCUT2D eigenvalue weighted by molar-refractivity contribution is 5.97. The highest BCUT2D eigenvalue weighted by atomic mass is 19.1. The Kier molecular flexibility index (Phi) is 10.6. The van der Waals surface area contributed by atoms with Crippen molar-refractivity contribution in [2.24, 2.45) is 0 Å². The molecule has 0 saturated heterocycles. The molecular formula is C31H36F2N2O4. The van der Waals surface area contributed by atoms with Gasteiger partial charge >= 0.3 is 5.97 Å². The van der Waals surface area contributed by atoms with E-state index in [-0.39, 0.29) is 6.42 Å². The van der Waals surface area contributed by atoms with E-state index in [2.05, 4.69) is 37.3 Å². The Hall–Kier alpha value is -3.78. The number of carbonyl (C=O) groups excluding carboxylic acids is 2. The van der Waals surface area contributed by atoms with Crippen molar-refractivity contribution in [3.8, 4) is 5.75 Å². The number of benzene rings is 3. The van der Waals surface area contributed by atoms with E-state index in [1.165, 1.54) is 24.3 Å². The van der Waals surface area contributed by atoms with Gasteiger partial charge in [-0.15, -0.1) is 0 Å². The molecule has 8 heteroatoms. The van der Waals surface area contributed by atoms with E-state index in [1.807, 2.05) is 30.3 Å². The van der Waals surface area contributed by atoms with Crippen molar-refractivity contribution < 1.29 is 27.8 Å². The highest BCUT2D eigenvalue weighted by Gasteiger charge is 2.26. The molecule has 0 aliphatic carbocycles. The second-order valence-electron chi connectivity index (χ2n) is 9.64. The second-order valence-corrected chi connectivity index (χ2v) is 9.64. The van der Waals surface area contributed by atoms with Crippen molar-refractivity contribution in [3.05, 3.63) is 99.6 Å². The maximum absolute atomic E-state index is 14.1. The summed E-state index contributed by atoms with van der Waals surface area (Å²) in [5.41, 5.74) is 4.67. The van der Waals surface area contributed by atoms with E-state index in [4.69, 9.17) is 9.47 Å². The summed E-state index contributed by atoms with van der Waals surface area (Å²) >= 11 is 0. The SMILES string of the molecule is CCc1c(CCN(C)C)ccc(OC)c1Cc1cccc(C[C@H](NC(=O)c2c(F)cccc2F)C(=O)OC)c1. The van der Waals surface area contributed by atoms with Crippen LogP contribution in [0.2, 0.25) is 0 Å². The molecule has 0 saturated carbocycles. The third-order valence-electron chi connectivity index (χ3n) is 6.68. The molecule has 3 aromatic carbocycles. The smallest absolute Gasteiger partial charge is 0.328 e. The summed E-state index contributed by atoms with van der Waals surface area (Å²) in [5, 5.41) is 2.43. The topological polar surface area (TPSA) is 67.9 Å². The van der Waals surface area contributed by atoms with E-state index in [9.17, 15) is 18.4 Å². The van der Waals surface area contributed by atoms with Gasteiger partial charge in [-0.3, -0.25) is 4.79 Å². The first-order valence-electron chi connectivity index (χ1n) is 12.9. The van der Waals surface area contributed by atoms with Gasteiger partial charge in [0.15, 0.2) is 0 Å². The number of rotatable bonds is 12. The Morgan fingerprint density at radius 1 is 0.949 bits per heavy atom. The Morgan fingerprint density at radius 3 is 2.23 bits per heavy atom. The molecule has 6 nitrogen and oxygen atoms in total. The fourth-order valence-corrected chi connectivity index (χ4v) is 4.71. The molecule has 0 bridgehead atoms. The summed E-state index contributed by atoms with van der Waals surface area (Å²) in [6.07, 6.45) is 2.49. The number of hydrogen-bond acceptors (Lipinski definition) is 5. The van der Waals surface area contributed by atoms with Gasteiger partial charge in [-0.05, 0) is 67.4 Å². The van der Waals surface area contributed by atoms with E-state index < -0.39 is 35.1 Å². The zero-order chi connectivity index (χ0) is 28.5. The lowest BCUT2D eigenvalue weighted by molar-refractivity contribution is -0.142. The number of amides is 1. The number of esters is 1. The van der Waals surface area contributed by atoms with Crippen LogP contribution in [0.1, 0.15) is 45.1 Å². The van der Waals surface area contributed by atoms with Gasteiger partial charge in [0.05, 0.1) is 14.2 Å². The lowest BCUT2D eigenvalue weighted by Crippen LogP contribution is -2.43. The average molecular weight is 539 g/mol. The van der Waals surface area contributed by atoms with Crippen molar-refractivity contribution >= 4 is 11.9 Å². The largest absolute Gasteiger partial charge is 0.496 e. The second kappa shape index (κ2) is 13.8. The quantitative estimate of drug-likeness (QED) is 0.338. The average Bonchev–Trinajstić information content (AvgIpc) is 2.91. The van der Waals surface area contributed by atoms with Crippen LogP contribution in [-0.4, -0.2) is 57.7 Å². The van der Waals surface area contributed by atoms with E-state index >= 15 is 0 Å². The van der Waals surface area contributed by atoms with Crippen molar-refractivity contribution in [2.75, 3.05) is 34.9 Å². The summed E-state index contributed by atoms with van der Waals surface area (Å²) in [6.45, 7) is 3.07. The van der Waals surface area contributed by atoms with Gasteiger partial charge in [0.2, 0.25) is 0 Å². The third-order valence-corrected chi connectivity index (χ3v) is 6.68. The molecule has 0 heterocycles. The van der Waals surface area contributed by atoms with Crippen LogP contribution in [0.5, 0.6) is 5.75 Å². The number of methoxy groups -OCH3 is 2. The Bertz CT molecular complexity index is 1290. The van der Waals surface area contributed by atoms with Gasteiger partial charge in [0.25, 0.3) is 5.91 Å². The maximum atomic E-state index is 14.1. The fourth-order valence-electron chi connectivity index (χ4n) is 4.71. The third kappa shape index (κ3) is 7.63. The van der Waals surface area contributed by atoms with Crippen molar-refractivity contribution in [1.82, 2.24) is 10.2 Å². The normalized spacial score (nSPS) is 11.8. The van der Waals surface area contributed by atoms with Crippen molar-refractivity contribution in [1.29, 1.82) is 0 Å². The predicted molar refractivity (Wildman–Crippen MR) is 147 cm³/mol. The Balaban J connectivity index is 1.87. The molecule has 1 atom stereocenters. The number of halogens is 2. The zero-order valence-corrected chi connectivity index (χ0v) is 23.1. The van der Waals surface area contributed by atoms with Crippen LogP contribution in [0, 0.1) is 11.6 Å². The lowest BCUT2D eigenvalue weighted by Gasteiger charge is -2.20. The fraction of sp³-hybridized carbons (Fsp3) is 0.355. The van der Waals surface area contributed by atoms with Crippen LogP contribution in [0.4, 0.5) is 8.78 Å². The molecule has 0 fully saturated rings. The van der Waals surface area contributed by atoms with Crippen LogP contribution < -0.4 is 10.1 Å². The van der Waals surface area contributed by atoms with Gasteiger partial charge in [-0.1, -0.05) is 43.3 Å². The standard InChI is InChI=1S/C31H36F2N2O4/c1-6-23-22(15-16-35(2)3)13-14-28(38-4)24(23)18-20-9-7-10-21(17-20)19-27(31(37)39-5)34-30(36)29-25(32)11-8-12-26(29)33/h7-14,17,27H,6,15-16,18-19H2,1-5H3,(H,34,36)/t27-/m0/s1. The molecule has 1 amide bonds. The van der Waals surface area contributed by atoms with Gasteiger partial charge in [-0.25, -0.2) is 13.6 Å². The monoisotopic (exact) mass is 538 g/mol. The number of carbonyl (C=O) groups is 2. The summed E-state index contributed by atoms with van der Waals surface area (Å²) in [5.74, 6) is -2.94. The number of ether oxygens (including phenoxy) is 2. The predicted octanol–water partition coefficient (Wildman–Crippen LogP) is 4.74. The van der Waals surface area contributed by atoms with Crippen LogP contribution >= 0.6 is 0 Å². The first-order valence-corrected chi connectivity index (χ1v) is 12.9. The van der Waals surface area contributed by atoms with Crippen molar-refractivity contribution in [2.45, 2.75) is 38.6 Å². The number of likely N-dealkylation sites (N-methyl/N-ethyl adjacent to an activating group) is 1. The molecule has 39 heavy (non-hydrogen) atoms. The zero-order valence-electron chi connectivity index (χ0n) is 23.1. The molecule has 1 N–H and O–H groups in total. The van der Waals surface area contributed by atoms with Gasteiger partial charge in [0.1, 0.15) is 29.0 Å². The maximum Gasteiger partial charge on any atom is 0.328 e. The van der Waals surface area contributed by atoms with Gasteiger partial charge < -0.3 is 19.7 Å². The molecule has 0 unspecified atom stereocenters. The number of nitrogens with zero attached hydrogens (tertiary/aromatic N) is 1. The summed E-state index contributed by atoms with van der Waals surface area (Å²) in [7, 11) is 6.97. The van der Waals surface area contributed by atoms with Crippen LogP contribution in [0.15, 0.2) is 54.6 Å². The molecule has 0 aliphatic rings. The minimum absolute atomic E-state index is 0.0863. The van der Waals surface area contributed by atoms with Gasteiger partial charge in [0, 0.05) is 24.9 Å². The van der Waals surface area contributed by atoms with E-state index in [1.54, 1.807) is 7.11 Å². The van der Waals surface area contributed by atoms with Gasteiger partial charge in [-0.2, -0.15) is 0 Å². The molecule has 0 radical (unpaired) electrons. The summed E-state index contributed by atoms with van der Waals surface area (Å²) in [6, 6.07) is 13.8.